The normalized spacial score (nSPS) is 11.9. The van der Waals surface area contributed by atoms with Crippen molar-refractivity contribution in [3.63, 3.8) is 0 Å². The van der Waals surface area contributed by atoms with E-state index in [1.165, 1.54) is 6.33 Å². The Kier molecular flexibility index (Phi) is 4.70. The molecule has 0 aliphatic carbocycles. The lowest BCUT2D eigenvalue weighted by molar-refractivity contribution is 0.777. The predicted octanol–water partition coefficient (Wildman–Crippen LogP) is 2.74. The molecule has 0 saturated heterocycles. The fourth-order valence-corrected chi connectivity index (χ4v) is 1.90. The highest BCUT2D eigenvalue weighted by Crippen LogP contribution is 2.20. The molecule has 1 aromatic heterocycles. The molecule has 2 aromatic rings. The SMILES string of the molecule is CC(N)CNc1cc(Nc2cccc(Br)c2)ncn1. The van der Waals surface area contributed by atoms with Crippen molar-refractivity contribution >= 4 is 33.3 Å². The van der Waals surface area contributed by atoms with Crippen molar-refractivity contribution in [2.75, 3.05) is 17.2 Å². The molecule has 6 heteroatoms. The summed E-state index contributed by atoms with van der Waals surface area (Å²) in [4.78, 5) is 8.33. The standard InChI is InChI=1S/C13H16BrN5/c1-9(15)7-16-12-6-13(18-8-17-12)19-11-4-2-3-10(14)5-11/h2-6,8-9H,7,15H2,1H3,(H2,16,17,18,19). The van der Waals surface area contributed by atoms with Gasteiger partial charge in [0.15, 0.2) is 0 Å². The summed E-state index contributed by atoms with van der Waals surface area (Å²) < 4.78 is 1.02. The maximum Gasteiger partial charge on any atom is 0.135 e. The number of hydrogen-bond donors (Lipinski definition) is 3. The van der Waals surface area contributed by atoms with Crippen LogP contribution in [-0.2, 0) is 0 Å². The summed E-state index contributed by atoms with van der Waals surface area (Å²) in [6.45, 7) is 2.61. The molecule has 100 valence electrons. The van der Waals surface area contributed by atoms with Gasteiger partial charge < -0.3 is 16.4 Å². The number of anilines is 3. The highest BCUT2D eigenvalue weighted by Gasteiger charge is 2.01. The molecule has 0 saturated carbocycles. The van der Waals surface area contributed by atoms with Crippen LogP contribution in [0.3, 0.4) is 0 Å². The van der Waals surface area contributed by atoms with Gasteiger partial charge in [0.05, 0.1) is 0 Å². The van der Waals surface area contributed by atoms with E-state index in [1.807, 2.05) is 37.3 Å². The van der Waals surface area contributed by atoms with Gasteiger partial charge in [-0.05, 0) is 25.1 Å². The van der Waals surface area contributed by atoms with Crippen molar-refractivity contribution in [2.24, 2.45) is 5.73 Å². The molecule has 0 aliphatic rings. The second-order valence-electron chi connectivity index (χ2n) is 4.28. The van der Waals surface area contributed by atoms with Gasteiger partial charge in [-0.2, -0.15) is 0 Å². The Morgan fingerprint density at radius 1 is 1.26 bits per heavy atom. The fraction of sp³-hybridized carbons (Fsp3) is 0.231. The molecular formula is C13H16BrN5. The van der Waals surface area contributed by atoms with Gasteiger partial charge in [0.25, 0.3) is 0 Å². The van der Waals surface area contributed by atoms with Crippen LogP contribution in [0.5, 0.6) is 0 Å². The van der Waals surface area contributed by atoms with Gasteiger partial charge in [0, 0.05) is 28.8 Å². The summed E-state index contributed by atoms with van der Waals surface area (Å²) >= 11 is 3.43. The minimum atomic E-state index is 0.0800. The zero-order valence-corrected chi connectivity index (χ0v) is 12.2. The lowest BCUT2D eigenvalue weighted by atomic mass is 10.3. The fourth-order valence-electron chi connectivity index (χ4n) is 1.50. The zero-order chi connectivity index (χ0) is 13.7. The number of halogens is 1. The zero-order valence-electron chi connectivity index (χ0n) is 10.6. The van der Waals surface area contributed by atoms with Crippen LogP contribution < -0.4 is 16.4 Å². The van der Waals surface area contributed by atoms with E-state index in [2.05, 4.69) is 36.5 Å². The highest BCUT2D eigenvalue weighted by molar-refractivity contribution is 9.10. The highest BCUT2D eigenvalue weighted by atomic mass is 79.9. The summed E-state index contributed by atoms with van der Waals surface area (Å²) in [6.07, 6.45) is 1.52. The van der Waals surface area contributed by atoms with E-state index in [-0.39, 0.29) is 6.04 Å². The molecule has 0 radical (unpaired) electrons. The molecule has 1 atom stereocenters. The molecule has 1 unspecified atom stereocenters. The molecule has 19 heavy (non-hydrogen) atoms. The molecule has 0 fully saturated rings. The van der Waals surface area contributed by atoms with E-state index < -0.39 is 0 Å². The Balaban J connectivity index is 2.06. The maximum absolute atomic E-state index is 5.69. The molecule has 0 aliphatic heterocycles. The van der Waals surface area contributed by atoms with Gasteiger partial charge in [0.1, 0.15) is 18.0 Å². The van der Waals surface area contributed by atoms with Gasteiger partial charge in [0.2, 0.25) is 0 Å². The summed E-state index contributed by atoms with van der Waals surface area (Å²) in [6, 6.07) is 9.82. The van der Waals surface area contributed by atoms with Crippen molar-refractivity contribution in [3.8, 4) is 0 Å². The third kappa shape index (κ3) is 4.50. The largest absolute Gasteiger partial charge is 0.368 e. The van der Waals surface area contributed by atoms with Crippen LogP contribution in [0.25, 0.3) is 0 Å². The van der Waals surface area contributed by atoms with Gasteiger partial charge >= 0.3 is 0 Å². The molecule has 1 aromatic carbocycles. The van der Waals surface area contributed by atoms with Gasteiger partial charge in [-0.25, -0.2) is 9.97 Å². The Morgan fingerprint density at radius 3 is 2.79 bits per heavy atom. The van der Waals surface area contributed by atoms with Crippen molar-refractivity contribution in [3.05, 3.63) is 41.1 Å². The second kappa shape index (κ2) is 6.49. The van der Waals surface area contributed by atoms with Crippen LogP contribution in [0.15, 0.2) is 41.1 Å². The summed E-state index contributed by atoms with van der Waals surface area (Å²) in [7, 11) is 0. The van der Waals surface area contributed by atoms with Crippen LogP contribution in [0.1, 0.15) is 6.92 Å². The van der Waals surface area contributed by atoms with Gasteiger partial charge in [-0.15, -0.1) is 0 Å². The van der Waals surface area contributed by atoms with Gasteiger partial charge in [-0.1, -0.05) is 22.0 Å². The number of nitrogens with zero attached hydrogens (tertiary/aromatic N) is 2. The van der Waals surface area contributed by atoms with E-state index in [0.717, 1.165) is 21.8 Å². The van der Waals surface area contributed by atoms with E-state index in [1.54, 1.807) is 0 Å². The van der Waals surface area contributed by atoms with E-state index in [0.29, 0.717) is 6.54 Å². The number of nitrogens with one attached hydrogen (secondary N) is 2. The van der Waals surface area contributed by atoms with E-state index >= 15 is 0 Å². The Labute approximate surface area is 120 Å². The first-order valence-corrected chi connectivity index (χ1v) is 6.77. The number of nitrogens with two attached hydrogens (primary N) is 1. The number of hydrogen-bond acceptors (Lipinski definition) is 5. The van der Waals surface area contributed by atoms with E-state index in [9.17, 15) is 0 Å². The first-order chi connectivity index (χ1) is 9.13. The number of benzene rings is 1. The first kappa shape index (κ1) is 13.8. The first-order valence-electron chi connectivity index (χ1n) is 5.97. The summed E-state index contributed by atoms with van der Waals surface area (Å²) in [5.74, 6) is 1.49. The second-order valence-corrected chi connectivity index (χ2v) is 5.20. The topological polar surface area (TPSA) is 75.9 Å². The molecule has 0 spiro atoms. The van der Waals surface area contributed by atoms with Crippen LogP contribution in [0.2, 0.25) is 0 Å². The average molecular weight is 322 g/mol. The Morgan fingerprint density at radius 2 is 2.05 bits per heavy atom. The molecule has 0 bridgehead atoms. The molecule has 0 amide bonds. The van der Waals surface area contributed by atoms with E-state index in [4.69, 9.17) is 5.73 Å². The number of aromatic nitrogens is 2. The smallest absolute Gasteiger partial charge is 0.135 e. The quantitative estimate of drug-likeness (QED) is 0.789. The summed E-state index contributed by atoms with van der Waals surface area (Å²) in [5.41, 5.74) is 6.66. The van der Waals surface area contributed by atoms with Crippen LogP contribution in [-0.4, -0.2) is 22.6 Å². The maximum atomic E-state index is 5.69. The van der Waals surface area contributed by atoms with Crippen molar-refractivity contribution in [1.29, 1.82) is 0 Å². The molecular weight excluding hydrogens is 306 g/mol. The van der Waals surface area contributed by atoms with Crippen LogP contribution in [0.4, 0.5) is 17.3 Å². The molecule has 2 rings (SSSR count). The lowest BCUT2D eigenvalue weighted by Gasteiger charge is -2.10. The Hall–Kier alpha value is -1.66. The average Bonchev–Trinajstić information content (AvgIpc) is 2.37. The summed E-state index contributed by atoms with van der Waals surface area (Å²) in [5, 5.41) is 6.38. The van der Waals surface area contributed by atoms with Crippen LogP contribution in [0, 0.1) is 0 Å². The molecule has 5 nitrogen and oxygen atoms in total. The Bertz CT molecular complexity index is 544. The predicted molar refractivity (Wildman–Crippen MR) is 81.6 cm³/mol. The number of rotatable bonds is 5. The monoisotopic (exact) mass is 321 g/mol. The van der Waals surface area contributed by atoms with Crippen molar-refractivity contribution in [1.82, 2.24) is 9.97 Å². The molecule has 4 N–H and O–H groups in total. The molecule has 1 heterocycles. The third-order valence-electron chi connectivity index (χ3n) is 2.37. The van der Waals surface area contributed by atoms with Crippen molar-refractivity contribution in [2.45, 2.75) is 13.0 Å². The van der Waals surface area contributed by atoms with Gasteiger partial charge in [-0.3, -0.25) is 0 Å². The minimum Gasteiger partial charge on any atom is -0.368 e. The lowest BCUT2D eigenvalue weighted by Crippen LogP contribution is -2.25. The third-order valence-corrected chi connectivity index (χ3v) is 2.86. The minimum absolute atomic E-state index is 0.0800. The van der Waals surface area contributed by atoms with Crippen LogP contribution >= 0.6 is 15.9 Å². The van der Waals surface area contributed by atoms with Crippen molar-refractivity contribution < 1.29 is 0 Å².